The quantitative estimate of drug-likeness (QED) is 0.497. The number of rotatable bonds is 3. The van der Waals surface area contributed by atoms with Gasteiger partial charge < -0.3 is 15.7 Å². The van der Waals surface area contributed by atoms with Gasteiger partial charge in [-0.15, -0.1) is 0 Å². The van der Waals surface area contributed by atoms with E-state index >= 15 is 0 Å². The van der Waals surface area contributed by atoms with Gasteiger partial charge in [-0.1, -0.05) is 0 Å². The molecule has 58 valence electrons. The first-order valence-corrected chi connectivity index (χ1v) is 2.90. The van der Waals surface area contributed by atoms with Crippen molar-refractivity contribution in [2.45, 2.75) is 6.92 Å². The Kier molecular flexibility index (Phi) is 4.02. The molecule has 2 amide bonds. The van der Waals surface area contributed by atoms with Crippen LogP contribution in [0.1, 0.15) is 6.92 Å². The van der Waals surface area contributed by atoms with Crippen LogP contribution in [-0.2, 0) is 4.79 Å². The van der Waals surface area contributed by atoms with E-state index in [-0.39, 0.29) is 6.54 Å². The summed E-state index contributed by atoms with van der Waals surface area (Å²) in [4.78, 5) is 20.3. The van der Waals surface area contributed by atoms with Crippen LogP contribution < -0.4 is 10.6 Å². The average Bonchev–Trinajstić information content (AvgIpc) is 1.85. The molecule has 0 radical (unpaired) electrons. The third-order valence-electron chi connectivity index (χ3n) is 0.738. The van der Waals surface area contributed by atoms with E-state index in [0.29, 0.717) is 6.54 Å². The van der Waals surface area contributed by atoms with Gasteiger partial charge in [0.05, 0.1) is 0 Å². The van der Waals surface area contributed by atoms with Crippen LogP contribution in [0.2, 0.25) is 0 Å². The fraction of sp³-hybridized carbons (Fsp3) is 0.600. The number of amides is 2. The molecule has 0 aromatic carbocycles. The van der Waals surface area contributed by atoms with Crippen LogP contribution in [0.4, 0.5) is 4.79 Å². The fourth-order valence-corrected chi connectivity index (χ4v) is 0.379. The molecule has 10 heavy (non-hydrogen) atoms. The first-order valence-electron chi connectivity index (χ1n) is 2.90. The topological polar surface area (TPSA) is 78.4 Å². The number of carboxylic acid groups (broad SMARTS) is 1. The normalized spacial score (nSPS) is 8.50. The van der Waals surface area contributed by atoms with E-state index in [2.05, 4.69) is 10.6 Å². The highest BCUT2D eigenvalue weighted by atomic mass is 16.4. The Bertz CT molecular complexity index is 135. The molecular formula is C5H10N2O3. The minimum atomic E-state index is -1.05. The Morgan fingerprint density at radius 1 is 1.40 bits per heavy atom. The lowest BCUT2D eigenvalue weighted by Crippen LogP contribution is -2.38. The molecule has 0 saturated carbocycles. The van der Waals surface area contributed by atoms with Crippen molar-refractivity contribution >= 4 is 12.0 Å². The highest BCUT2D eigenvalue weighted by Gasteiger charge is 1.99. The van der Waals surface area contributed by atoms with E-state index in [4.69, 9.17) is 5.11 Å². The van der Waals surface area contributed by atoms with Gasteiger partial charge in [-0.2, -0.15) is 0 Å². The number of hydrogen-bond acceptors (Lipinski definition) is 2. The van der Waals surface area contributed by atoms with Crippen molar-refractivity contribution in [3.05, 3.63) is 0 Å². The Hall–Kier alpha value is -1.26. The van der Waals surface area contributed by atoms with Crippen LogP contribution in [-0.4, -0.2) is 30.2 Å². The summed E-state index contributed by atoms with van der Waals surface area (Å²) >= 11 is 0. The second-order valence-electron chi connectivity index (χ2n) is 1.61. The van der Waals surface area contributed by atoms with Gasteiger partial charge in [-0.05, 0) is 6.92 Å². The maximum Gasteiger partial charge on any atom is 0.323 e. The number of carbonyl (C=O) groups excluding carboxylic acids is 1. The summed E-state index contributed by atoms with van der Waals surface area (Å²) in [6.07, 6.45) is 0. The third kappa shape index (κ3) is 4.89. The van der Waals surface area contributed by atoms with Crippen LogP contribution in [0.3, 0.4) is 0 Å². The lowest BCUT2D eigenvalue weighted by molar-refractivity contribution is -0.135. The SMILES string of the molecule is CCNC(=O)NCC(=O)O. The summed E-state index contributed by atoms with van der Waals surface area (Å²) in [6.45, 7) is 1.90. The molecule has 0 fully saturated rings. The fourth-order valence-electron chi connectivity index (χ4n) is 0.379. The van der Waals surface area contributed by atoms with Crippen LogP contribution >= 0.6 is 0 Å². The van der Waals surface area contributed by atoms with Crippen molar-refractivity contribution < 1.29 is 14.7 Å². The predicted molar refractivity (Wildman–Crippen MR) is 34.7 cm³/mol. The Morgan fingerprint density at radius 3 is 2.40 bits per heavy atom. The molecule has 0 atom stereocenters. The van der Waals surface area contributed by atoms with Gasteiger partial charge in [-0.3, -0.25) is 4.79 Å². The minimum Gasteiger partial charge on any atom is -0.480 e. The van der Waals surface area contributed by atoms with Crippen LogP contribution in [0.15, 0.2) is 0 Å². The van der Waals surface area contributed by atoms with E-state index < -0.39 is 12.0 Å². The lowest BCUT2D eigenvalue weighted by atomic mass is 10.6. The standard InChI is InChI=1S/C5H10N2O3/c1-2-6-5(10)7-3-4(8)9/h2-3H2,1H3,(H,8,9)(H2,6,7,10). The molecule has 0 saturated heterocycles. The summed E-state index contributed by atoms with van der Waals surface area (Å²) in [5.74, 6) is -1.05. The zero-order valence-electron chi connectivity index (χ0n) is 5.68. The number of aliphatic carboxylic acids is 1. The summed E-state index contributed by atoms with van der Waals surface area (Å²) < 4.78 is 0. The van der Waals surface area contributed by atoms with Crippen molar-refractivity contribution in [1.29, 1.82) is 0 Å². The highest BCUT2D eigenvalue weighted by Crippen LogP contribution is 1.63. The Morgan fingerprint density at radius 2 is 2.00 bits per heavy atom. The molecular weight excluding hydrogens is 136 g/mol. The molecule has 0 aliphatic rings. The van der Waals surface area contributed by atoms with Crippen molar-refractivity contribution in [3.8, 4) is 0 Å². The Labute approximate surface area is 58.4 Å². The van der Waals surface area contributed by atoms with Crippen molar-refractivity contribution in [2.75, 3.05) is 13.1 Å². The van der Waals surface area contributed by atoms with Crippen molar-refractivity contribution in [2.24, 2.45) is 0 Å². The van der Waals surface area contributed by atoms with Gasteiger partial charge in [0.1, 0.15) is 6.54 Å². The monoisotopic (exact) mass is 146 g/mol. The van der Waals surface area contributed by atoms with E-state index in [1.54, 1.807) is 6.92 Å². The van der Waals surface area contributed by atoms with Crippen LogP contribution in [0, 0.1) is 0 Å². The maximum atomic E-state index is 10.5. The smallest absolute Gasteiger partial charge is 0.323 e. The second kappa shape index (κ2) is 4.60. The Balaban J connectivity index is 3.30. The predicted octanol–water partition coefficient (Wildman–Crippen LogP) is -0.610. The summed E-state index contributed by atoms with van der Waals surface area (Å²) in [5.41, 5.74) is 0. The van der Waals surface area contributed by atoms with Gasteiger partial charge in [-0.25, -0.2) is 4.79 Å². The van der Waals surface area contributed by atoms with E-state index in [9.17, 15) is 9.59 Å². The number of carbonyl (C=O) groups is 2. The lowest BCUT2D eigenvalue weighted by Gasteiger charge is -2.00. The first kappa shape index (κ1) is 8.74. The van der Waals surface area contributed by atoms with Crippen molar-refractivity contribution in [1.82, 2.24) is 10.6 Å². The molecule has 0 aromatic rings. The number of carboxylic acids is 1. The zero-order valence-corrected chi connectivity index (χ0v) is 5.68. The second-order valence-corrected chi connectivity index (χ2v) is 1.61. The molecule has 0 rings (SSSR count). The molecule has 0 heterocycles. The van der Waals surface area contributed by atoms with Gasteiger partial charge in [0, 0.05) is 6.54 Å². The zero-order chi connectivity index (χ0) is 7.98. The number of urea groups is 1. The first-order chi connectivity index (χ1) is 4.66. The molecule has 0 spiro atoms. The van der Waals surface area contributed by atoms with E-state index in [1.807, 2.05) is 0 Å². The largest absolute Gasteiger partial charge is 0.480 e. The van der Waals surface area contributed by atoms with E-state index in [1.165, 1.54) is 0 Å². The van der Waals surface area contributed by atoms with Crippen LogP contribution in [0.25, 0.3) is 0 Å². The molecule has 5 heteroatoms. The molecule has 0 aromatic heterocycles. The summed E-state index contributed by atoms with van der Waals surface area (Å²) in [5, 5.41) is 12.6. The number of nitrogens with one attached hydrogen (secondary N) is 2. The van der Waals surface area contributed by atoms with Gasteiger partial charge in [0.25, 0.3) is 0 Å². The third-order valence-corrected chi connectivity index (χ3v) is 0.738. The van der Waals surface area contributed by atoms with Gasteiger partial charge in [0.15, 0.2) is 0 Å². The number of hydrogen-bond donors (Lipinski definition) is 3. The molecule has 0 bridgehead atoms. The highest BCUT2D eigenvalue weighted by molar-refractivity contribution is 5.79. The average molecular weight is 146 g/mol. The molecule has 3 N–H and O–H groups in total. The summed E-state index contributed by atoms with van der Waals surface area (Å²) in [6, 6.07) is -0.454. The van der Waals surface area contributed by atoms with Gasteiger partial charge >= 0.3 is 12.0 Å². The van der Waals surface area contributed by atoms with Crippen LogP contribution in [0.5, 0.6) is 0 Å². The molecule has 0 aliphatic carbocycles. The molecule has 0 aliphatic heterocycles. The van der Waals surface area contributed by atoms with Gasteiger partial charge in [0.2, 0.25) is 0 Å². The summed E-state index contributed by atoms with van der Waals surface area (Å²) in [7, 11) is 0. The maximum absolute atomic E-state index is 10.5. The van der Waals surface area contributed by atoms with E-state index in [0.717, 1.165) is 0 Å². The molecule has 0 unspecified atom stereocenters. The minimum absolute atomic E-state index is 0.341. The van der Waals surface area contributed by atoms with Crippen molar-refractivity contribution in [3.63, 3.8) is 0 Å². The molecule has 5 nitrogen and oxygen atoms in total.